The number of hydrogen-bond donors (Lipinski definition) is 1. The van der Waals surface area contributed by atoms with Gasteiger partial charge in [0.15, 0.2) is 0 Å². The number of aryl methyl sites for hydroxylation is 1. The Kier molecular flexibility index (Phi) is 6.69. The number of thioether (sulfide) groups is 1. The van der Waals surface area contributed by atoms with Crippen LogP contribution < -0.4 is 0 Å². The minimum Gasteiger partial charge on any atom is -0.387 e. The summed E-state index contributed by atoms with van der Waals surface area (Å²) in [5, 5.41) is 19.7. The van der Waals surface area contributed by atoms with Crippen molar-refractivity contribution in [2.24, 2.45) is 0 Å². The quantitative estimate of drug-likeness (QED) is 0.612. The van der Waals surface area contributed by atoms with Crippen LogP contribution in [0.15, 0.2) is 82.6 Å². The predicted octanol–water partition coefficient (Wildman–Crippen LogP) is 5.17. The standard InChI is InChI=1S/C23H21NO2S2/c1-16-7-13-19(14-8-16)28(26)21-6-4-3-5-20(21)23(27-2)22(25)18-11-9-17(15-24)10-12-18/h3-14,22-23,25H,1-2H3/t22?,23-,28-/m0/s1. The van der Waals surface area contributed by atoms with Gasteiger partial charge in [-0.2, -0.15) is 17.0 Å². The van der Waals surface area contributed by atoms with Gasteiger partial charge in [-0.05, 0) is 54.6 Å². The molecule has 0 heterocycles. The molecule has 3 aromatic carbocycles. The van der Waals surface area contributed by atoms with Crippen LogP contribution in [0.2, 0.25) is 0 Å². The van der Waals surface area contributed by atoms with Gasteiger partial charge in [-0.15, -0.1) is 0 Å². The van der Waals surface area contributed by atoms with Gasteiger partial charge in [0.05, 0.1) is 33.8 Å². The molecule has 1 unspecified atom stereocenters. The van der Waals surface area contributed by atoms with E-state index in [1.165, 1.54) is 11.8 Å². The second-order valence-electron chi connectivity index (χ2n) is 6.45. The minimum atomic E-state index is -1.33. The van der Waals surface area contributed by atoms with E-state index in [0.717, 1.165) is 21.6 Å². The highest BCUT2D eigenvalue weighted by Crippen LogP contribution is 2.41. The van der Waals surface area contributed by atoms with Gasteiger partial charge in [0.25, 0.3) is 0 Å². The molecule has 3 nitrogen and oxygen atoms in total. The molecule has 28 heavy (non-hydrogen) atoms. The molecule has 1 N–H and O–H groups in total. The second kappa shape index (κ2) is 9.20. The summed E-state index contributed by atoms with van der Waals surface area (Å²) in [6.45, 7) is 2.00. The molecular weight excluding hydrogens is 386 g/mol. The van der Waals surface area contributed by atoms with E-state index >= 15 is 0 Å². The monoisotopic (exact) mass is 407 g/mol. The average molecular weight is 408 g/mol. The van der Waals surface area contributed by atoms with Crippen molar-refractivity contribution in [1.82, 2.24) is 0 Å². The summed E-state index contributed by atoms with van der Waals surface area (Å²) < 4.78 is 13.2. The fraction of sp³-hybridized carbons (Fsp3) is 0.174. The van der Waals surface area contributed by atoms with E-state index in [-0.39, 0.29) is 5.25 Å². The van der Waals surface area contributed by atoms with E-state index in [2.05, 4.69) is 6.07 Å². The maximum Gasteiger partial charge on any atom is 0.0991 e. The fourth-order valence-corrected chi connectivity index (χ4v) is 5.23. The summed E-state index contributed by atoms with van der Waals surface area (Å²) in [5.74, 6) is 0. The molecule has 0 aliphatic heterocycles. The zero-order valence-corrected chi connectivity index (χ0v) is 17.3. The Bertz CT molecular complexity index is 1010. The highest BCUT2D eigenvalue weighted by atomic mass is 32.2. The fourth-order valence-electron chi connectivity index (χ4n) is 3.03. The summed E-state index contributed by atoms with van der Waals surface area (Å²) in [6.07, 6.45) is 1.15. The van der Waals surface area contributed by atoms with Gasteiger partial charge in [-0.3, -0.25) is 0 Å². The zero-order chi connectivity index (χ0) is 20.1. The van der Waals surface area contributed by atoms with Crippen molar-refractivity contribution in [1.29, 1.82) is 5.26 Å². The predicted molar refractivity (Wildman–Crippen MR) is 115 cm³/mol. The Balaban J connectivity index is 1.98. The van der Waals surface area contributed by atoms with E-state index in [0.29, 0.717) is 10.5 Å². The highest BCUT2D eigenvalue weighted by molar-refractivity contribution is 7.98. The van der Waals surface area contributed by atoms with Gasteiger partial charge < -0.3 is 5.11 Å². The van der Waals surface area contributed by atoms with Crippen LogP contribution in [0.1, 0.15) is 33.6 Å². The average Bonchev–Trinajstić information content (AvgIpc) is 2.74. The smallest absolute Gasteiger partial charge is 0.0991 e. The van der Waals surface area contributed by atoms with Gasteiger partial charge in [-0.1, -0.05) is 48.0 Å². The summed E-state index contributed by atoms with van der Waals surface area (Å²) >= 11 is 1.52. The van der Waals surface area contributed by atoms with E-state index in [4.69, 9.17) is 5.26 Å². The molecule has 0 bridgehead atoms. The largest absolute Gasteiger partial charge is 0.387 e. The summed E-state index contributed by atoms with van der Waals surface area (Å²) in [6, 6.07) is 24.3. The van der Waals surface area contributed by atoms with Crippen molar-refractivity contribution in [3.63, 3.8) is 0 Å². The third-order valence-electron chi connectivity index (χ3n) is 4.58. The molecule has 0 saturated heterocycles. The topological polar surface area (TPSA) is 61.1 Å². The van der Waals surface area contributed by atoms with E-state index in [9.17, 15) is 9.32 Å². The molecule has 0 aliphatic carbocycles. The van der Waals surface area contributed by atoms with Crippen LogP contribution in [0.4, 0.5) is 0 Å². The SMILES string of the molecule is CS[C@@H](c1ccccc1[S@@](=O)c1ccc(C)cc1)C(O)c1ccc(C#N)cc1. The van der Waals surface area contributed by atoms with Crippen LogP contribution in [0.3, 0.4) is 0 Å². The van der Waals surface area contributed by atoms with Crippen molar-refractivity contribution in [3.05, 3.63) is 95.1 Å². The molecule has 0 saturated carbocycles. The number of aliphatic hydroxyl groups excluding tert-OH is 1. The molecule has 0 aromatic heterocycles. The first-order chi connectivity index (χ1) is 13.5. The molecule has 0 fully saturated rings. The van der Waals surface area contributed by atoms with Crippen LogP contribution in [0, 0.1) is 18.3 Å². The molecule has 0 radical (unpaired) electrons. The van der Waals surface area contributed by atoms with Crippen molar-refractivity contribution < 1.29 is 9.32 Å². The Morgan fingerprint density at radius 3 is 2.25 bits per heavy atom. The number of aliphatic hydroxyl groups is 1. The number of rotatable bonds is 6. The van der Waals surface area contributed by atoms with Gasteiger partial charge in [0, 0.05) is 9.79 Å². The first-order valence-electron chi connectivity index (χ1n) is 8.83. The minimum absolute atomic E-state index is 0.279. The first kappa shape index (κ1) is 20.3. The van der Waals surface area contributed by atoms with Gasteiger partial charge in [-0.25, -0.2) is 4.21 Å². The molecule has 3 atom stereocenters. The molecule has 3 rings (SSSR count). The van der Waals surface area contributed by atoms with Crippen molar-refractivity contribution >= 4 is 22.6 Å². The Hall–Kier alpha value is -2.39. The first-order valence-corrected chi connectivity index (χ1v) is 11.3. The number of benzene rings is 3. The maximum absolute atomic E-state index is 13.2. The van der Waals surface area contributed by atoms with Crippen molar-refractivity contribution in [2.75, 3.05) is 6.26 Å². The van der Waals surface area contributed by atoms with Crippen molar-refractivity contribution in [3.8, 4) is 6.07 Å². The molecule has 0 spiro atoms. The van der Waals surface area contributed by atoms with Crippen molar-refractivity contribution in [2.45, 2.75) is 28.1 Å². The van der Waals surface area contributed by atoms with Crippen LogP contribution in [-0.4, -0.2) is 15.6 Å². The zero-order valence-electron chi connectivity index (χ0n) is 15.7. The summed E-state index contributed by atoms with van der Waals surface area (Å²) in [7, 11) is -1.33. The van der Waals surface area contributed by atoms with E-state index in [1.54, 1.807) is 24.3 Å². The van der Waals surface area contributed by atoms with Crippen LogP contribution >= 0.6 is 11.8 Å². The third kappa shape index (κ3) is 4.36. The van der Waals surface area contributed by atoms with E-state index in [1.807, 2.05) is 61.7 Å². The Labute approximate surface area is 172 Å². The second-order valence-corrected chi connectivity index (χ2v) is 8.88. The number of hydrogen-bond acceptors (Lipinski definition) is 4. The lowest BCUT2D eigenvalue weighted by Gasteiger charge is -2.24. The molecule has 142 valence electrons. The maximum atomic E-state index is 13.2. The van der Waals surface area contributed by atoms with Crippen LogP contribution in [0.25, 0.3) is 0 Å². The summed E-state index contributed by atoms with van der Waals surface area (Å²) in [4.78, 5) is 1.45. The molecular formula is C23H21NO2S2. The van der Waals surface area contributed by atoms with Gasteiger partial charge in [0.2, 0.25) is 0 Å². The van der Waals surface area contributed by atoms with Crippen LogP contribution in [-0.2, 0) is 10.8 Å². The Morgan fingerprint density at radius 2 is 1.64 bits per heavy atom. The lowest BCUT2D eigenvalue weighted by molar-refractivity contribution is 0.174. The Morgan fingerprint density at radius 1 is 1.00 bits per heavy atom. The van der Waals surface area contributed by atoms with Gasteiger partial charge >= 0.3 is 0 Å². The lowest BCUT2D eigenvalue weighted by atomic mass is 10.00. The van der Waals surface area contributed by atoms with Gasteiger partial charge in [0.1, 0.15) is 0 Å². The van der Waals surface area contributed by atoms with E-state index < -0.39 is 16.9 Å². The third-order valence-corrected chi connectivity index (χ3v) is 7.07. The number of nitriles is 1. The lowest BCUT2D eigenvalue weighted by Crippen LogP contribution is -2.11. The normalized spacial score (nSPS) is 14.1. The molecule has 0 aliphatic rings. The molecule has 0 amide bonds. The number of nitrogens with zero attached hydrogens (tertiary/aromatic N) is 1. The summed E-state index contributed by atoms with van der Waals surface area (Å²) in [5.41, 5.74) is 3.25. The molecule has 3 aromatic rings. The van der Waals surface area contributed by atoms with Crippen LogP contribution in [0.5, 0.6) is 0 Å². The molecule has 5 heteroatoms. The highest BCUT2D eigenvalue weighted by Gasteiger charge is 2.26.